The molecule has 1 rings (SSSR count). The average molecular weight is 176 g/mol. The molecule has 1 N–H and O–H groups in total. The van der Waals surface area contributed by atoms with Gasteiger partial charge in [0.25, 0.3) is 0 Å². The van der Waals surface area contributed by atoms with Crippen LogP contribution in [-0.2, 0) is 0 Å². The maximum atomic E-state index is 5.61. The monoisotopic (exact) mass is 175 g/mol. The van der Waals surface area contributed by atoms with Crippen molar-refractivity contribution < 1.29 is 0 Å². The number of hydrogen-bond acceptors (Lipinski definition) is 1. The van der Waals surface area contributed by atoms with Crippen LogP contribution in [0.1, 0.15) is 32.6 Å². The molecule has 1 saturated carbocycles. The topological polar surface area (TPSA) is 12.0 Å². The van der Waals surface area contributed by atoms with Gasteiger partial charge in [-0.3, -0.25) is 0 Å². The molecule has 0 aromatic carbocycles. The Kier molecular flexibility index (Phi) is 4.24. The van der Waals surface area contributed by atoms with Crippen LogP contribution in [0.2, 0.25) is 0 Å². The van der Waals surface area contributed by atoms with Gasteiger partial charge in [0.15, 0.2) is 0 Å². The molecular formula is C9H18ClN. The van der Waals surface area contributed by atoms with E-state index < -0.39 is 0 Å². The van der Waals surface area contributed by atoms with Gasteiger partial charge in [-0.2, -0.15) is 0 Å². The zero-order valence-electron chi connectivity index (χ0n) is 7.28. The third-order valence-electron chi connectivity index (χ3n) is 2.28. The molecule has 1 unspecified atom stereocenters. The van der Waals surface area contributed by atoms with Crippen LogP contribution in [0.25, 0.3) is 0 Å². The second-order valence-corrected chi connectivity index (χ2v) is 3.94. The normalized spacial score (nSPS) is 20.2. The quantitative estimate of drug-likeness (QED) is 0.612. The molecule has 0 amide bonds. The minimum Gasteiger partial charge on any atom is -0.314 e. The van der Waals surface area contributed by atoms with Gasteiger partial charge in [0.2, 0.25) is 0 Å². The third-order valence-corrected chi connectivity index (χ3v) is 2.50. The fourth-order valence-electron chi connectivity index (χ4n) is 1.21. The molecule has 11 heavy (non-hydrogen) atoms. The predicted octanol–water partition coefficient (Wildman–Crippen LogP) is 2.39. The van der Waals surface area contributed by atoms with Crippen molar-refractivity contribution in [2.45, 2.75) is 38.6 Å². The van der Waals surface area contributed by atoms with E-state index in [1.54, 1.807) is 0 Å². The van der Waals surface area contributed by atoms with Crippen LogP contribution in [0.5, 0.6) is 0 Å². The highest BCUT2D eigenvalue weighted by atomic mass is 35.5. The van der Waals surface area contributed by atoms with Crippen LogP contribution in [0.4, 0.5) is 0 Å². The fraction of sp³-hybridized carbons (Fsp3) is 1.00. The van der Waals surface area contributed by atoms with Crippen molar-refractivity contribution in [2.75, 3.05) is 12.4 Å². The lowest BCUT2D eigenvalue weighted by molar-refractivity contribution is 0.512. The van der Waals surface area contributed by atoms with E-state index in [0.29, 0.717) is 6.04 Å². The molecule has 0 saturated heterocycles. The molecule has 66 valence electrons. The summed E-state index contributed by atoms with van der Waals surface area (Å²) in [5.74, 6) is 1.82. The third kappa shape index (κ3) is 4.65. The van der Waals surface area contributed by atoms with E-state index >= 15 is 0 Å². The van der Waals surface area contributed by atoms with E-state index in [9.17, 15) is 0 Å². The van der Waals surface area contributed by atoms with E-state index in [1.807, 2.05) is 0 Å². The molecule has 0 bridgehead atoms. The Balaban J connectivity index is 1.84. The number of hydrogen-bond donors (Lipinski definition) is 1. The van der Waals surface area contributed by atoms with Gasteiger partial charge in [0, 0.05) is 11.9 Å². The smallest absolute Gasteiger partial charge is 0.0238 e. The van der Waals surface area contributed by atoms with Crippen LogP contribution in [0, 0.1) is 5.92 Å². The lowest BCUT2D eigenvalue weighted by atomic mass is 10.2. The summed E-state index contributed by atoms with van der Waals surface area (Å²) in [6, 6.07) is 0.603. The van der Waals surface area contributed by atoms with Gasteiger partial charge in [0.1, 0.15) is 0 Å². The van der Waals surface area contributed by atoms with Gasteiger partial charge in [0.05, 0.1) is 0 Å². The van der Waals surface area contributed by atoms with Crippen molar-refractivity contribution in [3.8, 4) is 0 Å². The Morgan fingerprint density at radius 3 is 2.82 bits per heavy atom. The zero-order chi connectivity index (χ0) is 8.10. The first kappa shape index (κ1) is 9.34. The first-order valence-corrected chi connectivity index (χ1v) is 5.15. The minimum absolute atomic E-state index is 0.603. The minimum atomic E-state index is 0.603. The Bertz CT molecular complexity index is 102. The van der Waals surface area contributed by atoms with Gasteiger partial charge in [-0.15, -0.1) is 11.6 Å². The summed E-state index contributed by atoms with van der Waals surface area (Å²) in [5, 5.41) is 3.47. The highest BCUT2D eigenvalue weighted by Gasteiger charge is 2.20. The van der Waals surface area contributed by atoms with Crippen molar-refractivity contribution >= 4 is 11.6 Å². The van der Waals surface area contributed by atoms with Gasteiger partial charge >= 0.3 is 0 Å². The SMILES string of the molecule is CC(CCCl)NCCC1CC1. The first-order chi connectivity index (χ1) is 5.33. The number of alkyl halides is 1. The van der Waals surface area contributed by atoms with Gasteiger partial charge in [-0.1, -0.05) is 12.8 Å². The number of nitrogens with one attached hydrogen (secondary N) is 1. The molecule has 0 aromatic rings. The van der Waals surface area contributed by atoms with E-state index in [0.717, 1.165) is 18.2 Å². The van der Waals surface area contributed by atoms with Crippen molar-refractivity contribution in [3.63, 3.8) is 0 Å². The summed E-state index contributed by atoms with van der Waals surface area (Å²) < 4.78 is 0. The van der Waals surface area contributed by atoms with Crippen LogP contribution >= 0.6 is 11.6 Å². The van der Waals surface area contributed by atoms with Crippen molar-refractivity contribution in [1.82, 2.24) is 5.32 Å². The molecule has 1 fully saturated rings. The fourth-order valence-corrected chi connectivity index (χ4v) is 1.53. The van der Waals surface area contributed by atoms with Crippen LogP contribution in [0.3, 0.4) is 0 Å². The lowest BCUT2D eigenvalue weighted by Gasteiger charge is -2.11. The van der Waals surface area contributed by atoms with Gasteiger partial charge in [-0.25, -0.2) is 0 Å². The first-order valence-electron chi connectivity index (χ1n) is 4.62. The van der Waals surface area contributed by atoms with E-state index in [1.165, 1.54) is 25.8 Å². The van der Waals surface area contributed by atoms with E-state index in [-0.39, 0.29) is 0 Å². The van der Waals surface area contributed by atoms with Crippen molar-refractivity contribution in [2.24, 2.45) is 5.92 Å². The molecule has 0 radical (unpaired) electrons. The van der Waals surface area contributed by atoms with Gasteiger partial charge in [-0.05, 0) is 32.2 Å². The highest BCUT2D eigenvalue weighted by Crippen LogP contribution is 2.31. The summed E-state index contributed by atoms with van der Waals surface area (Å²) in [6.07, 6.45) is 5.38. The maximum Gasteiger partial charge on any atom is 0.0238 e. The Morgan fingerprint density at radius 2 is 2.27 bits per heavy atom. The average Bonchev–Trinajstić information content (AvgIpc) is 2.72. The number of halogens is 1. The number of rotatable bonds is 6. The molecule has 0 aromatic heterocycles. The molecular weight excluding hydrogens is 158 g/mol. The molecule has 2 heteroatoms. The molecule has 1 aliphatic rings. The summed E-state index contributed by atoms with van der Waals surface area (Å²) in [7, 11) is 0. The van der Waals surface area contributed by atoms with E-state index in [2.05, 4.69) is 12.2 Å². The largest absolute Gasteiger partial charge is 0.314 e. The standard InChI is InChI=1S/C9H18ClN/c1-8(4-6-10)11-7-5-9-2-3-9/h8-9,11H,2-7H2,1H3. The lowest BCUT2D eigenvalue weighted by Crippen LogP contribution is -2.27. The highest BCUT2D eigenvalue weighted by molar-refractivity contribution is 6.17. The maximum absolute atomic E-state index is 5.61. The molecule has 0 spiro atoms. The molecule has 1 nitrogen and oxygen atoms in total. The van der Waals surface area contributed by atoms with Crippen molar-refractivity contribution in [1.29, 1.82) is 0 Å². The van der Waals surface area contributed by atoms with E-state index in [4.69, 9.17) is 11.6 Å². The molecule has 1 aliphatic carbocycles. The Morgan fingerprint density at radius 1 is 1.55 bits per heavy atom. The Hall–Kier alpha value is 0.250. The second kappa shape index (κ2) is 5.00. The van der Waals surface area contributed by atoms with Crippen LogP contribution in [0.15, 0.2) is 0 Å². The summed E-state index contributed by atoms with van der Waals surface area (Å²) in [6.45, 7) is 3.39. The predicted molar refractivity (Wildman–Crippen MR) is 50.1 cm³/mol. The van der Waals surface area contributed by atoms with Gasteiger partial charge < -0.3 is 5.32 Å². The summed E-state index contributed by atoms with van der Waals surface area (Å²) in [4.78, 5) is 0. The zero-order valence-corrected chi connectivity index (χ0v) is 8.03. The molecule has 0 aliphatic heterocycles. The summed E-state index contributed by atoms with van der Waals surface area (Å²) in [5.41, 5.74) is 0. The second-order valence-electron chi connectivity index (χ2n) is 3.56. The molecule has 1 atom stereocenters. The molecule has 0 heterocycles. The Labute approximate surface area is 74.5 Å². The van der Waals surface area contributed by atoms with Crippen LogP contribution < -0.4 is 5.32 Å². The van der Waals surface area contributed by atoms with Crippen LogP contribution in [-0.4, -0.2) is 18.5 Å². The van der Waals surface area contributed by atoms with Crippen molar-refractivity contribution in [3.05, 3.63) is 0 Å². The summed E-state index contributed by atoms with van der Waals surface area (Å²) >= 11 is 5.61.